The highest BCUT2D eigenvalue weighted by molar-refractivity contribution is 5.47. The van der Waals surface area contributed by atoms with Gasteiger partial charge in [-0.25, -0.2) is 0 Å². The van der Waals surface area contributed by atoms with Crippen molar-refractivity contribution in [3.8, 4) is 0 Å². The molecular weight excluding hydrogens is 266 g/mol. The molecule has 126 valence electrons. The zero-order valence-corrected chi connectivity index (χ0v) is 15.2. The van der Waals surface area contributed by atoms with E-state index < -0.39 is 0 Å². The highest BCUT2D eigenvalue weighted by Gasteiger charge is 2.03. The molecule has 0 saturated heterocycles. The fourth-order valence-electron chi connectivity index (χ4n) is 3.02. The number of unbranched alkanes of at least 4 members (excludes halogenated alkanes) is 9. The van der Waals surface area contributed by atoms with E-state index in [9.17, 15) is 0 Å². The highest BCUT2D eigenvalue weighted by atomic mass is 15.1. The van der Waals surface area contributed by atoms with E-state index in [1.54, 1.807) is 0 Å². The smallest absolute Gasteiger partial charge is 0.0366 e. The van der Waals surface area contributed by atoms with Gasteiger partial charge in [0.25, 0.3) is 0 Å². The fourth-order valence-corrected chi connectivity index (χ4v) is 3.02. The molecule has 0 unspecified atom stereocenters. The standard InChI is InChI=1S/C21H37N/c1-4-6-7-8-9-10-11-12-13-14-19-22(5-2)21-17-15-20(3)16-18-21/h15-18H,4-14,19H2,1-3H3. The second-order valence-electron chi connectivity index (χ2n) is 6.60. The van der Waals surface area contributed by atoms with E-state index in [2.05, 4.69) is 49.9 Å². The van der Waals surface area contributed by atoms with Gasteiger partial charge in [-0.15, -0.1) is 0 Å². The molecule has 0 spiro atoms. The van der Waals surface area contributed by atoms with Gasteiger partial charge in [-0.05, 0) is 32.4 Å². The maximum Gasteiger partial charge on any atom is 0.0366 e. The minimum absolute atomic E-state index is 1.11. The van der Waals surface area contributed by atoms with Crippen LogP contribution in [0.3, 0.4) is 0 Å². The van der Waals surface area contributed by atoms with E-state index in [-0.39, 0.29) is 0 Å². The molecule has 0 aliphatic heterocycles. The monoisotopic (exact) mass is 303 g/mol. The van der Waals surface area contributed by atoms with E-state index in [0.717, 1.165) is 6.54 Å². The Labute approximate surface area is 139 Å². The van der Waals surface area contributed by atoms with Crippen LogP contribution >= 0.6 is 0 Å². The minimum atomic E-state index is 1.11. The molecule has 0 fully saturated rings. The largest absolute Gasteiger partial charge is 0.372 e. The van der Waals surface area contributed by atoms with Crippen molar-refractivity contribution in [1.82, 2.24) is 0 Å². The van der Waals surface area contributed by atoms with Crippen LogP contribution in [-0.4, -0.2) is 13.1 Å². The predicted molar refractivity (Wildman–Crippen MR) is 101 cm³/mol. The molecule has 1 aromatic carbocycles. The van der Waals surface area contributed by atoms with Crippen molar-refractivity contribution < 1.29 is 0 Å². The van der Waals surface area contributed by atoms with Crippen molar-refractivity contribution in [3.05, 3.63) is 29.8 Å². The highest BCUT2D eigenvalue weighted by Crippen LogP contribution is 2.16. The van der Waals surface area contributed by atoms with Crippen LogP contribution in [0, 0.1) is 6.92 Å². The molecule has 0 atom stereocenters. The van der Waals surface area contributed by atoms with E-state index in [1.165, 1.54) is 82.0 Å². The zero-order valence-electron chi connectivity index (χ0n) is 15.2. The van der Waals surface area contributed by atoms with Crippen LogP contribution in [0.25, 0.3) is 0 Å². The minimum Gasteiger partial charge on any atom is -0.372 e. The molecule has 0 aliphatic rings. The normalized spacial score (nSPS) is 10.9. The second-order valence-corrected chi connectivity index (χ2v) is 6.60. The Bertz CT molecular complexity index is 355. The van der Waals surface area contributed by atoms with Gasteiger partial charge < -0.3 is 4.90 Å². The maximum atomic E-state index is 2.50. The van der Waals surface area contributed by atoms with Crippen LogP contribution in [0.1, 0.15) is 83.6 Å². The summed E-state index contributed by atoms with van der Waals surface area (Å²) in [4.78, 5) is 2.50. The average Bonchev–Trinajstić information content (AvgIpc) is 2.54. The van der Waals surface area contributed by atoms with Crippen LogP contribution < -0.4 is 4.90 Å². The lowest BCUT2D eigenvalue weighted by Gasteiger charge is -2.23. The SMILES string of the molecule is CCCCCCCCCCCCN(CC)c1ccc(C)cc1. The molecule has 0 saturated carbocycles. The molecule has 1 aromatic rings. The Morgan fingerprint density at radius 1 is 0.682 bits per heavy atom. The molecule has 0 radical (unpaired) electrons. The Morgan fingerprint density at radius 3 is 1.68 bits per heavy atom. The summed E-state index contributed by atoms with van der Waals surface area (Å²) in [6, 6.07) is 8.96. The maximum absolute atomic E-state index is 2.50. The van der Waals surface area contributed by atoms with Gasteiger partial charge in [0.2, 0.25) is 0 Å². The Kier molecular flexibility index (Phi) is 10.9. The van der Waals surface area contributed by atoms with Crippen molar-refractivity contribution in [2.24, 2.45) is 0 Å². The van der Waals surface area contributed by atoms with Crippen molar-refractivity contribution in [2.75, 3.05) is 18.0 Å². The molecular formula is C21H37N. The number of hydrogen-bond donors (Lipinski definition) is 0. The summed E-state index contributed by atoms with van der Waals surface area (Å²) in [6.07, 6.45) is 14.1. The number of rotatable bonds is 13. The van der Waals surface area contributed by atoms with Crippen LogP contribution in [0.4, 0.5) is 5.69 Å². The molecule has 1 heteroatoms. The second kappa shape index (κ2) is 12.6. The lowest BCUT2D eigenvalue weighted by Crippen LogP contribution is -2.23. The van der Waals surface area contributed by atoms with Crippen molar-refractivity contribution in [2.45, 2.75) is 85.0 Å². The van der Waals surface area contributed by atoms with Crippen molar-refractivity contribution >= 4 is 5.69 Å². The molecule has 0 amide bonds. The first-order valence-corrected chi connectivity index (χ1v) is 9.59. The van der Waals surface area contributed by atoms with Crippen molar-refractivity contribution in [3.63, 3.8) is 0 Å². The third kappa shape index (κ3) is 8.46. The van der Waals surface area contributed by atoms with Gasteiger partial charge >= 0.3 is 0 Å². The van der Waals surface area contributed by atoms with Crippen LogP contribution in [0.15, 0.2) is 24.3 Å². The summed E-state index contributed by atoms with van der Waals surface area (Å²) in [7, 11) is 0. The van der Waals surface area contributed by atoms with Gasteiger partial charge in [0.05, 0.1) is 0 Å². The Balaban J connectivity index is 2.04. The molecule has 0 heterocycles. The number of hydrogen-bond acceptors (Lipinski definition) is 1. The number of aryl methyl sites for hydroxylation is 1. The lowest BCUT2D eigenvalue weighted by atomic mass is 10.1. The van der Waals surface area contributed by atoms with Gasteiger partial charge in [0, 0.05) is 18.8 Å². The first kappa shape index (κ1) is 19.1. The van der Waals surface area contributed by atoms with E-state index in [0.29, 0.717) is 0 Å². The van der Waals surface area contributed by atoms with Gasteiger partial charge in [-0.2, -0.15) is 0 Å². The molecule has 22 heavy (non-hydrogen) atoms. The summed E-state index contributed by atoms with van der Waals surface area (Å²) in [5.74, 6) is 0. The molecule has 0 aromatic heterocycles. The van der Waals surface area contributed by atoms with Crippen LogP contribution in [-0.2, 0) is 0 Å². The number of benzene rings is 1. The molecule has 0 N–H and O–H groups in total. The molecule has 0 bridgehead atoms. The van der Waals surface area contributed by atoms with Gasteiger partial charge in [0.1, 0.15) is 0 Å². The number of anilines is 1. The first-order chi connectivity index (χ1) is 10.8. The predicted octanol–water partition coefficient (Wildman–Crippen LogP) is 6.74. The zero-order chi connectivity index (χ0) is 16.0. The quantitative estimate of drug-likeness (QED) is 0.365. The summed E-state index contributed by atoms with van der Waals surface area (Å²) in [5, 5.41) is 0. The first-order valence-electron chi connectivity index (χ1n) is 9.59. The van der Waals surface area contributed by atoms with E-state index in [4.69, 9.17) is 0 Å². The fraction of sp³-hybridized carbons (Fsp3) is 0.714. The third-order valence-electron chi connectivity index (χ3n) is 4.56. The summed E-state index contributed by atoms with van der Waals surface area (Å²) < 4.78 is 0. The third-order valence-corrected chi connectivity index (χ3v) is 4.56. The summed E-state index contributed by atoms with van der Waals surface area (Å²) in [5.41, 5.74) is 2.72. The average molecular weight is 304 g/mol. The molecule has 1 rings (SSSR count). The topological polar surface area (TPSA) is 3.24 Å². The summed E-state index contributed by atoms with van der Waals surface area (Å²) in [6.45, 7) is 9.02. The van der Waals surface area contributed by atoms with Gasteiger partial charge in [0.15, 0.2) is 0 Å². The van der Waals surface area contributed by atoms with E-state index >= 15 is 0 Å². The Morgan fingerprint density at radius 2 is 1.18 bits per heavy atom. The Hall–Kier alpha value is -0.980. The van der Waals surface area contributed by atoms with E-state index in [1.807, 2.05) is 0 Å². The van der Waals surface area contributed by atoms with Crippen LogP contribution in [0.2, 0.25) is 0 Å². The number of nitrogens with zero attached hydrogens (tertiary/aromatic N) is 1. The molecule has 1 nitrogen and oxygen atoms in total. The van der Waals surface area contributed by atoms with Gasteiger partial charge in [-0.3, -0.25) is 0 Å². The molecule has 0 aliphatic carbocycles. The van der Waals surface area contributed by atoms with Gasteiger partial charge in [-0.1, -0.05) is 82.4 Å². The van der Waals surface area contributed by atoms with Crippen molar-refractivity contribution in [1.29, 1.82) is 0 Å². The lowest BCUT2D eigenvalue weighted by molar-refractivity contribution is 0.555. The summed E-state index contributed by atoms with van der Waals surface area (Å²) >= 11 is 0. The van der Waals surface area contributed by atoms with Crippen LogP contribution in [0.5, 0.6) is 0 Å².